The van der Waals surface area contributed by atoms with Gasteiger partial charge in [-0.3, -0.25) is 0 Å². The van der Waals surface area contributed by atoms with E-state index in [4.69, 9.17) is 5.73 Å². The van der Waals surface area contributed by atoms with Crippen molar-refractivity contribution < 1.29 is 4.39 Å². The predicted molar refractivity (Wildman–Crippen MR) is 71.3 cm³/mol. The second-order valence-electron chi connectivity index (χ2n) is 4.18. The zero-order valence-corrected chi connectivity index (χ0v) is 10.9. The highest BCUT2D eigenvalue weighted by Gasteiger charge is 2.05. The van der Waals surface area contributed by atoms with E-state index in [0.29, 0.717) is 13.0 Å². The van der Waals surface area contributed by atoms with Crippen LogP contribution in [0.3, 0.4) is 0 Å². The van der Waals surface area contributed by atoms with E-state index >= 15 is 0 Å². The molecule has 0 spiro atoms. The number of anilines is 1. The number of hydrogen-bond donors (Lipinski definition) is 2. The predicted octanol–water partition coefficient (Wildman–Crippen LogP) is 2.03. The quantitative estimate of drug-likeness (QED) is 0.869. The first-order valence-electron chi connectivity index (χ1n) is 5.70. The van der Waals surface area contributed by atoms with Crippen molar-refractivity contribution in [1.82, 2.24) is 9.36 Å². The maximum absolute atomic E-state index is 12.8. The van der Waals surface area contributed by atoms with Crippen molar-refractivity contribution in [1.29, 1.82) is 0 Å². The van der Waals surface area contributed by atoms with E-state index < -0.39 is 0 Å². The highest BCUT2D eigenvalue weighted by atomic mass is 32.1. The molecule has 2 rings (SSSR count). The highest BCUT2D eigenvalue weighted by molar-refractivity contribution is 7.09. The van der Waals surface area contributed by atoms with Crippen LogP contribution in [-0.4, -0.2) is 21.9 Å². The number of hydrogen-bond acceptors (Lipinski definition) is 5. The van der Waals surface area contributed by atoms with Crippen molar-refractivity contribution in [2.45, 2.75) is 19.4 Å². The van der Waals surface area contributed by atoms with Crippen LogP contribution in [0.25, 0.3) is 0 Å². The Labute approximate surface area is 109 Å². The Balaban J connectivity index is 1.95. The molecule has 0 amide bonds. The minimum Gasteiger partial charge on any atom is -0.359 e. The SMILES string of the molecule is CC(N)CNc1nc(Cc2ccc(F)cc2)ns1. The number of benzene rings is 1. The third-order valence-corrected chi connectivity index (χ3v) is 3.03. The van der Waals surface area contributed by atoms with Gasteiger partial charge in [0.25, 0.3) is 0 Å². The van der Waals surface area contributed by atoms with E-state index in [9.17, 15) is 4.39 Å². The van der Waals surface area contributed by atoms with Gasteiger partial charge in [-0.15, -0.1) is 0 Å². The summed E-state index contributed by atoms with van der Waals surface area (Å²) in [6, 6.07) is 6.44. The summed E-state index contributed by atoms with van der Waals surface area (Å²) in [6.07, 6.45) is 0.608. The lowest BCUT2D eigenvalue weighted by Crippen LogP contribution is -2.25. The first-order chi connectivity index (χ1) is 8.63. The molecule has 0 aliphatic heterocycles. The van der Waals surface area contributed by atoms with Gasteiger partial charge in [-0.05, 0) is 24.6 Å². The molecule has 0 saturated heterocycles. The lowest BCUT2D eigenvalue weighted by Gasteiger charge is -2.04. The van der Waals surface area contributed by atoms with Crippen LogP contribution >= 0.6 is 11.5 Å². The molecule has 1 unspecified atom stereocenters. The lowest BCUT2D eigenvalue weighted by atomic mass is 10.1. The molecule has 0 aliphatic carbocycles. The van der Waals surface area contributed by atoms with Gasteiger partial charge in [0.1, 0.15) is 11.6 Å². The molecule has 0 saturated carbocycles. The molecule has 1 atom stereocenters. The normalized spacial score (nSPS) is 12.4. The van der Waals surface area contributed by atoms with E-state index in [1.54, 1.807) is 12.1 Å². The molecule has 4 nitrogen and oxygen atoms in total. The van der Waals surface area contributed by atoms with Gasteiger partial charge in [0.2, 0.25) is 5.13 Å². The Bertz CT molecular complexity index is 495. The Morgan fingerprint density at radius 1 is 1.39 bits per heavy atom. The van der Waals surface area contributed by atoms with Crippen LogP contribution in [0.15, 0.2) is 24.3 Å². The molecule has 3 N–H and O–H groups in total. The van der Waals surface area contributed by atoms with Crippen LogP contribution in [0.2, 0.25) is 0 Å². The third kappa shape index (κ3) is 3.75. The van der Waals surface area contributed by atoms with Gasteiger partial charge in [-0.1, -0.05) is 12.1 Å². The highest BCUT2D eigenvalue weighted by Crippen LogP contribution is 2.14. The average Bonchev–Trinajstić information content (AvgIpc) is 2.77. The lowest BCUT2D eigenvalue weighted by molar-refractivity contribution is 0.627. The van der Waals surface area contributed by atoms with Crippen molar-refractivity contribution in [3.8, 4) is 0 Å². The van der Waals surface area contributed by atoms with Crippen LogP contribution in [0.1, 0.15) is 18.3 Å². The first-order valence-corrected chi connectivity index (χ1v) is 6.47. The summed E-state index contributed by atoms with van der Waals surface area (Å²) >= 11 is 1.31. The minimum absolute atomic E-state index is 0.0782. The largest absolute Gasteiger partial charge is 0.359 e. The van der Waals surface area contributed by atoms with E-state index in [0.717, 1.165) is 16.5 Å². The van der Waals surface area contributed by atoms with Crippen molar-refractivity contribution in [2.75, 3.05) is 11.9 Å². The number of nitrogens with one attached hydrogen (secondary N) is 1. The Kier molecular flexibility index (Phi) is 4.22. The van der Waals surface area contributed by atoms with Gasteiger partial charge in [-0.2, -0.15) is 4.37 Å². The molecule has 1 heterocycles. The van der Waals surface area contributed by atoms with Crippen molar-refractivity contribution in [3.05, 3.63) is 41.5 Å². The number of nitrogens with zero attached hydrogens (tertiary/aromatic N) is 2. The Morgan fingerprint density at radius 3 is 2.78 bits per heavy atom. The molecular weight excluding hydrogens is 251 g/mol. The smallest absolute Gasteiger partial charge is 0.202 e. The summed E-state index contributed by atoms with van der Waals surface area (Å²) in [6.45, 7) is 2.60. The van der Waals surface area contributed by atoms with Crippen molar-refractivity contribution in [2.24, 2.45) is 5.73 Å². The number of nitrogens with two attached hydrogens (primary N) is 1. The Hall–Kier alpha value is -1.53. The summed E-state index contributed by atoms with van der Waals surface area (Å²) < 4.78 is 17.0. The molecule has 0 radical (unpaired) electrons. The fourth-order valence-electron chi connectivity index (χ4n) is 1.43. The van der Waals surface area contributed by atoms with Crippen LogP contribution in [-0.2, 0) is 6.42 Å². The summed E-state index contributed by atoms with van der Waals surface area (Å²) in [5.41, 5.74) is 6.64. The fraction of sp³-hybridized carbons (Fsp3) is 0.333. The summed E-state index contributed by atoms with van der Waals surface area (Å²) in [7, 11) is 0. The van der Waals surface area contributed by atoms with Gasteiger partial charge in [0.05, 0.1) is 0 Å². The summed E-state index contributed by atoms with van der Waals surface area (Å²) in [4.78, 5) is 4.35. The van der Waals surface area contributed by atoms with E-state index in [1.165, 1.54) is 23.7 Å². The molecule has 18 heavy (non-hydrogen) atoms. The average molecular weight is 266 g/mol. The number of rotatable bonds is 5. The topological polar surface area (TPSA) is 63.8 Å². The van der Waals surface area contributed by atoms with Crippen LogP contribution < -0.4 is 11.1 Å². The van der Waals surface area contributed by atoms with E-state index in [1.807, 2.05) is 6.92 Å². The third-order valence-electron chi connectivity index (χ3n) is 2.32. The van der Waals surface area contributed by atoms with Crippen LogP contribution in [0.4, 0.5) is 9.52 Å². The summed E-state index contributed by atoms with van der Waals surface area (Å²) in [5.74, 6) is 0.503. The minimum atomic E-state index is -0.232. The maximum Gasteiger partial charge on any atom is 0.202 e. The van der Waals surface area contributed by atoms with Gasteiger partial charge in [-0.25, -0.2) is 9.37 Å². The summed E-state index contributed by atoms with van der Waals surface area (Å²) in [5, 5.41) is 3.89. The first kappa shape index (κ1) is 12.9. The molecular formula is C12H15FN4S. The number of aromatic nitrogens is 2. The van der Waals surface area contributed by atoms with E-state index in [2.05, 4.69) is 14.7 Å². The monoisotopic (exact) mass is 266 g/mol. The molecule has 2 aromatic rings. The molecule has 0 bridgehead atoms. The Morgan fingerprint density at radius 2 is 2.11 bits per heavy atom. The van der Waals surface area contributed by atoms with Gasteiger partial charge in [0.15, 0.2) is 0 Å². The second kappa shape index (κ2) is 5.88. The van der Waals surface area contributed by atoms with Gasteiger partial charge in [0, 0.05) is 30.5 Å². The van der Waals surface area contributed by atoms with Crippen LogP contribution in [0, 0.1) is 5.82 Å². The molecule has 1 aromatic carbocycles. The fourth-order valence-corrected chi connectivity index (χ4v) is 2.02. The maximum atomic E-state index is 12.8. The van der Waals surface area contributed by atoms with Crippen LogP contribution in [0.5, 0.6) is 0 Å². The molecule has 6 heteroatoms. The second-order valence-corrected chi connectivity index (χ2v) is 4.93. The zero-order chi connectivity index (χ0) is 13.0. The molecule has 96 valence electrons. The molecule has 1 aromatic heterocycles. The zero-order valence-electron chi connectivity index (χ0n) is 10.1. The molecule has 0 aliphatic rings. The van der Waals surface area contributed by atoms with Gasteiger partial charge >= 0.3 is 0 Å². The van der Waals surface area contributed by atoms with Crippen molar-refractivity contribution in [3.63, 3.8) is 0 Å². The van der Waals surface area contributed by atoms with Crippen molar-refractivity contribution >= 4 is 16.7 Å². The number of halogens is 1. The van der Waals surface area contributed by atoms with Gasteiger partial charge < -0.3 is 11.1 Å². The standard InChI is InChI=1S/C12H15FN4S/c1-8(14)7-15-12-16-11(17-18-12)6-9-2-4-10(13)5-3-9/h2-5,8H,6-7,14H2,1H3,(H,15,16,17). The van der Waals surface area contributed by atoms with E-state index in [-0.39, 0.29) is 11.9 Å². The molecule has 0 fully saturated rings.